The molecule has 0 unspecified atom stereocenters. The van der Waals surface area contributed by atoms with E-state index in [2.05, 4.69) is 27.7 Å². The summed E-state index contributed by atoms with van der Waals surface area (Å²) in [6.07, 6.45) is 1.81. The molecule has 0 amide bonds. The van der Waals surface area contributed by atoms with Crippen LogP contribution in [0.2, 0.25) is 0 Å². The summed E-state index contributed by atoms with van der Waals surface area (Å²) in [5.41, 5.74) is 1.56. The fourth-order valence-electron chi connectivity index (χ4n) is 1.51. The van der Waals surface area contributed by atoms with E-state index in [9.17, 15) is 4.39 Å². The summed E-state index contributed by atoms with van der Waals surface area (Å²) in [6, 6.07) is 7.35. The maximum atomic E-state index is 12.8. The molecule has 0 fully saturated rings. The van der Waals surface area contributed by atoms with Gasteiger partial charge in [-0.25, -0.2) is 4.39 Å². The van der Waals surface area contributed by atoms with E-state index in [1.165, 1.54) is 0 Å². The molecule has 0 aliphatic rings. The molecule has 2 rings (SSSR count). The molecule has 3 nitrogen and oxygen atoms in total. The van der Waals surface area contributed by atoms with E-state index < -0.39 is 6.67 Å². The molecule has 1 aromatic heterocycles. The van der Waals surface area contributed by atoms with Gasteiger partial charge in [0.05, 0.1) is 0 Å². The lowest BCUT2D eigenvalue weighted by Gasteiger charge is -2.09. The van der Waals surface area contributed by atoms with Crippen molar-refractivity contribution in [3.8, 4) is 5.88 Å². The van der Waals surface area contributed by atoms with Gasteiger partial charge in [-0.05, 0) is 34.2 Å². The number of hydrogen-bond acceptors (Lipinski definition) is 2. The third kappa shape index (κ3) is 2.96. The van der Waals surface area contributed by atoms with Crippen molar-refractivity contribution < 1.29 is 9.13 Å². The SMILES string of the molecule is Cn1ccc(OCc2c(I)cccc2CF)n1. The first-order valence-corrected chi connectivity index (χ1v) is 6.23. The fraction of sp³-hybridized carbons (Fsp3) is 0.250. The van der Waals surface area contributed by atoms with Gasteiger partial charge in [-0.3, -0.25) is 4.68 Å². The second kappa shape index (κ2) is 5.48. The molecule has 0 aliphatic heterocycles. The monoisotopic (exact) mass is 346 g/mol. The van der Waals surface area contributed by atoms with Crippen LogP contribution in [0.15, 0.2) is 30.5 Å². The summed E-state index contributed by atoms with van der Waals surface area (Å²) >= 11 is 2.19. The summed E-state index contributed by atoms with van der Waals surface area (Å²) in [4.78, 5) is 0. The summed E-state index contributed by atoms with van der Waals surface area (Å²) in [7, 11) is 1.83. The van der Waals surface area contributed by atoms with Crippen LogP contribution in [0.25, 0.3) is 0 Å². The number of alkyl halides is 1. The number of ether oxygens (including phenoxy) is 1. The van der Waals surface area contributed by atoms with E-state index in [0.29, 0.717) is 18.1 Å². The zero-order valence-corrected chi connectivity index (χ0v) is 11.5. The quantitative estimate of drug-likeness (QED) is 0.796. The second-order valence-corrected chi connectivity index (χ2v) is 4.79. The Bertz CT molecular complexity index is 513. The van der Waals surface area contributed by atoms with Crippen molar-refractivity contribution in [3.63, 3.8) is 0 Å². The van der Waals surface area contributed by atoms with Crippen molar-refractivity contribution in [3.05, 3.63) is 45.2 Å². The molecular formula is C12H12FIN2O. The van der Waals surface area contributed by atoms with Gasteiger partial charge in [0.1, 0.15) is 13.3 Å². The molecule has 5 heteroatoms. The zero-order chi connectivity index (χ0) is 12.3. The van der Waals surface area contributed by atoms with Gasteiger partial charge in [0, 0.05) is 28.4 Å². The zero-order valence-electron chi connectivity index (χ0n) is 9.36. The van der Waals surface area contributed by atoms with Crippen LogP contribution in [-0.4, -0.2) is 9.78 Å². The Hall–Kier alpha value is -1.11. The highest BCUT2D eigenvalue weighted by molar-refractivity contribution is 14.1. The molecule has 0 radical (unpaired) electrons. The van der Waals surface area contributed by atoms with Gasteiger partial charge >= 0.3 is 0 Å². The van der Waals surface area contributed by atoms with Gasteiger partial charge in [-0.1, -0.05) is 12.1 Å². The van der Waals surface area contributed by atoms with E-state index in [4.69, 9.17) is 4.74 Å². The van der Waals surface area contributed by atoms with E-state index in [1.807, 2.05) is 19.2 Å². The predicted octanol–water partition coefficient (Wildman–Crippen LogP) is 3.07. The average Bonchev–Trinajstić information content (AvgIpc) is 2.73. The topological polar surface area (TPSA) is 27.1 Å². The number of hydrogen-bond donors (Lipinski definition) is 0. The molecule has 0 spiro atoms. The smallest absolute Gasteiger partial charge is 0.233 e. The van der Waals surface area contributed by atoms with Crippen molar-refractivity contribution in [1.82, 2.24) is 9.78 Å². The van der Waals surface area contributed by atoms with Gasteiger partial charge in [0.25, 0.3) is 0 Å². The average molecular weight is 346 g/mol. The number of aromatic nitrogens is 2. The first-order valence-electron chi connectivity index (χ1n) is 5.15. The lowest BCUT2D eigenvalue weighted by atomic mass is 10.1. The van der Waals surface area contributed by atoms with Crippen LogP contribution in [0.5, 0.6) is 5.88 Å². The highest BCUT2D eigenvalue weighted by Crippen LogP contribution is 2.20. The molecule has 0 atom stereocenters. The molecule has 0 saturated carbocycles. The van der Waals surface area contributed by atoms with Crippen LogP contribution in [0.3, 0.4) is 0 Å². The van der Waals surface area contributed by atoms with Crippen molar-refractivity contribution in [2.45, 2.75) is 13.3 Å². The first-order chi connectivity index (χ1) is 8.20. The van der Waals surface area contributed by atoms with Gasteiger partial charge in [-0.15, -0.1) is 5.10 Å². The molecule has 1 aromatic carbocycles. The lowest BCUT2D eigenvalue weighted by Crippen LogP contribution is -2.02. The molecule has 90 valence electrons. The predicted molar refractivity (Wildman–Crippen MR) is 71.5 cm³/mol. The largest absolute Gasteiger partial charge is 0.472 e. The molecule has 0 saturated heterocycles. The molecule has 0 N–H and O–H groups in total. The third-order valence-electron chi connectivity index (χ3n) is 2.41. The second-order valence-electron chi connectivity index (χ2n) is 3.63. The molecule has 2 aromatic rings. The summed E-state index contributed by atoms with van der Waals surface area (Å²) in [6.45, 7) is -0.132. The van der Waals surface area contributed by atoms with Crippen molar-refractivity contribution in [1.29, 1.82) is 0 Å². The van der Waals surface area contributed by atoms with Crippen LogP contribution in [0, 0.1) is 3.57 Å². The van der Waals surface area contributed by atoms with E-state index >= 15 is 0 Å². The Labute approximate surface area is 113 Å². The minimum absolute atomic E-state index is 0.343. The van der Waals surface area contributed by atoms with E-state index in [-0.39, 0.29) is 0 Å². The summed E-state index contributed by atoms with van der Waals surface area (Å²) < 4.78 is 21.0. The van der Waals surface area contributed by atoms with Crippen LogP contribution in [0.4, 0.5) is 4.39 Å². The fourth-order valence-corrected chi connectivity index (χ4v) is 2.22. The number of rotatable bonds is 4. The number of aryl methyl sites for hydroxylation is 1. The molecular weight excluding hydrogens is 334 g/mol. The maximum absolute atomic E-state index is 12.8. The molecule has 1 heterocycles. The minimum Gasteiger partial charge on any atom is -0.472 e. The lowest BCUT2D eigenvalue weighted by molar-refractivity contribution is 0.287. The van der Waals surface area contributed by atoms with Crippen LogP contribution < -0.4 is 4.74 Å². The van der Waals surface area contributed by atoms with Crippen LogP contribution in [-0.2, 0) is 20.3 Å². The van der Waals surface area contributed by atoms with Gasteiger partial charge in [0.2, 0.25) is 5.88 Å². The van der Waals surface area contributed by atoms with Gasteiger partial charge < -0.3 is 4.74 Å². The van der Waals surface area contributed by atoms with Gasteiger partial charge in [0.15, 0.2) is 0 Å². The Kier molecular flexibility index (Phi) is 3.98. The maximum Gasteiger partial charge on any atom is 0.233 e. The van der Waals surface area contributed by atoms with Crippen molar-refractivity contribution in [2.24, 2.45) is 7.05 Å². The summed E-state index contributed by atoms with van der Waals surface area (Å²) in [5, 5.41) is 4.11. The van der Waals surface area contributed by atoms with Crippen molar-refractivity contribution in [2.75, 3.05) is 0 Å². The summed E-state index contributed by atoms with van der Waals surface area (Å²) in [5.74, 6) is 0.553. The highest BCUT2D eigenvalue weighted by Gasteiger charge is 2.08. The third-order valence-corrected chi connectivity index (χ3v) is 3.42. The van der Waals surface area contributed by atoms with Crippen molar-refractivity contribution >= 4 is 22.6 Å². The molecule has 0 aliphatic carbocycles. The Balaban J connectivity index is 2.13. The van der Waals surface area contributed by atoms with E-state index in [1.54, 1.807) is 23.0 Å². The minimum atomic E-state index is -0.474. The number of halogens is 2. The normalized spacial score (nSPS) is 10.5. The number of nitrogens with zero attached hydrogens (tertiary/aromatic N) is 2. The van der Waals surface area contributed by atoms with Crippen LogP contribution in [0.1, 0.15) is 11.1 Å². The van der Waals surface area contributed by atoms with Crippen LogP contribution >= 0.6 is 22.6 Å². The first kappa shape index (κ1) is 12.3. The Morgan fingerprint density at radius 2 is 2.24 bits per heavy atom. The molecule has 17 heavy (non-hydrogen) atoms. The Morgan fingerprint density at radius 1 is 1.41 bits per heavy atom. The Morgan fingerprint density at radius 3 is 2.88 bits per heavy atom. The van der Waals surface area contributed by atoms with E-state index in [0.717, 1.165) is 9.13 Å². The highest BCUT2D eigenvalue weighted by atomic mass is 127. The standard InChI is InChI=1S/C12H12FIN2O/c1-16-6-5-12(15-16)17-8-10-9(7-13)3-2-4-11(10)14/h2-6H,7-8H2,1H3. The number of benzene rings is 1. The molecule has 0 bridgehead atoms. The van der Waals surface area contributed by atoms with Gasteiger partial charge in [-0.2, -0.15) is 0 Å².